The van der Waals surface area contributed by atoms with Crippen molar-refractivity contribution >= 4 is 23.4 Å². The topological polar surface area (TPSA) is 78.5 Å². The molecule has 2 aliphatic rings. The number of anilines is 1. The Balaban J connectivity index is 1.30. The third kappa shape index (κ3) is 5.41. The first-order chi connectivity index (χ1) is 16.0. The van der Waals surface area contributed by atoms with Gasteiger partial charge in [-0.15, -0.1) is 0 Å². The van der Waals surface area contributed by atoms with Crippen LogP contribution in [-0.2, 0) is 15.0 Å². The summed E-state index contributed by atoms with van der Waals surface area (Å²) in [6.45, 7) is 1.04. The maximum absolute atomic E-state index is 13.4. The number of nitrogens with one attached hydrogen (secondary N) is 2. The van der Waals surface area contributed by atoms with Crippen LogP contribution in [0.2, 0.25) is 0 Å². The van der Waals surface area contributed by atoms with Gasteiger partial charge in [-0.05, 0) is 61.2 Å². The minimum Gasteiger partial charge on any atom is -0.354 e. The van der Waals surface area contributed by atoms with E-state index < -0.39 is 0 Å². The van der Waals surface area contributed by atoms with Crippen LogP contribution in [0.1, 0.15) is 60.9 Å². The van der Waals surface area contributed by atoms with Crippen molar-refractivity contribution in [2.45, 2.75) is 50.4 Å². The number of hydrogen-bond donors (Lipinski definition) is 2. The molecule has 7 heteroatoms. The summed E-state index contributed by atoms with van der Waals surface area (Å²) in [6, 6.07) is 13.4. The van der Waals surface area contributed by atoms with E-state index in [1.807, 2.05) is 12.1 Å². The summed E-state index contributed by atoms with van der Waals surface area (Å²) < 4.78 is 13.4. The second-order valence-corrected chi connectivity index (χ2v) is 9.00. The maximum Gasteiger partial charge on any atom is 0.251 e. The molecule has 4 rings (SSSR count). The zero-order valence-electron chi connectivity index (χ0n) is 18.7. The van der Waals surface area contributed by atoms with E-state index in [9.17, 15) is 18.8 Å². The van der Waals surface area contributed by atoms with E-state index in [1.165, 1.54) is 12.1 Å². The number of carbonyl (C=O) groups excluding carboxylic acids is 3. The summed E-state index contributed by atoms with van der Waals surface area (Å²) in [5.74, 6) is -0.762. The van der Waals surface area contributed by atoms with Crippen LogP contribution in [-0.4, -0.2) is 37.4 Å². The van der Waals surface area contributed by atoms with Gasteiger partial charge in [-0.3, -0.25) is 14.4 Å². The Bertz CT molecular complexity index is 998. The van der Waals surface area contributed by atoms with Gasteiger partial charge in [0.05, 0.1) is 6.54 Å². The minimum absolute atomic E-state index is 0.0975. The van der Waals surface area contributed by atoms with Crippen molar-refractivity contribution in [1.82, 2.24) is 10.6 Å². The van der Waals surface area contributed by atoms with Crippen molar-refractivity contribution in [3.63, 3.8) is 0 Å². The fourth-order valence-corrected chi connectivity index (χ4v) is 4.91. The first kappa shape index (κ1) is 23.0. The molecule has 1 aliphatic carbocycles. The Morgan fingerprint density at radius 1 is 0.909 bits per heavy atom. The second kappa shape index (κ2) is 10.1. The lowest BCUT2D eigenvalue weighted by Gasteiger charge is -2.38. The van der Waals surface area contributed by atoms with Crippen LogP contribution in [0.4, 0.5) is 10.1 Å². The number of amides is 3. The van der Waals surface area contributed by atoms with E-state index in [4.69, 9.17) is 0 Å². The smallest absolute Gasteiger partial charge is 0.251 e. The molecule has 2 N–H and O–H groups in total. The summed E-state index contributed by atoms with van der Waals surface area (Å²) in [5.41, 5.74) is 2.07. The zero-order chi connectivity index (χ0) is 23.3. The Hall–Kier alpha value is -3.22. The van der Waals surface area contributed by atoms with Crippen molar-refractivity contribution in [2.24, 2.45) is 0 Å². The Morgan fingerprint density at radius 2 is 1.61 bits per heavy atom. The van der Waals surface area contributed by atoms with Crippen LogP contribution >= 0.6 is 0 Å². The third-order valence-electron chi connectivity index (χ3n) is 6.82. The van der Waals surface area contributed by atoms with Gasteiger partial charge >= 0.3 is 0 Å². The first-order valence-electron chi connectivity index (χ1n) is 11.7. The summed E-state index contributed by atoms with van der Waals surface area (Å²) >= 11 is 0. The van der Waals surface area contributed by atoms with E-state index in [0.29, 0.717) is 25.1 Å². The molecule has 2 fully saturated rings. The fourth-order valence-electron chi connectivity index (χ4n) is 4.91. The molecule has 0 radical (unpaired) electrons. The second-order valence-electron chi connectivity index (χ2n) is 9.00. The highest BCUT2D eigenvalue weighted by Crippen LogP contribution is 2.39. The van der Waals surface area contributed by atoms with Gasteiger partial charge in [-0.2, -0.15) is 0 Å². The number of halogens is 1. The largest absolute Gasteiger partial charge is 0.354 e. The van der Waals surface area contributed by atoms with E-state index in [-0.39, 0.29) is 35.5 Å². The number of carbonyl (C=O) groups is 3. The van der Waals surface area contributed by atoms with Gasteiger partial charge in [0, 0.05) is 36.2 Å². The summed E-state index contributed by atoms with van der Waals surface area (Å²) in [6.07, 6.45) is 6.59. The molecule has 1 saturated carbocycles. The quantitative estimate of drug-likeness (QED) is 0.674. The molecule has 33 heavy (non-hydrogen) atoms. The van der Waals surface area contributed by atoms with Gasteiger partial charge < -0.3 is 15.5 Å². The molecule has 1 saturated heterocycles. The molecule has 2 aromatic rings. The third-order valence-corrected chi connectivity index (χ3v) is 6.82. The van der Waals surface area contributed by atoms with E-state index in [2.05, 4.69) is 10.6 Å². The molecule has 0 unspecified atom stereocenters. The molecule has 6 nitrogen and oxygen atoms in total. The zero-order valence-corrected chi connectivity index (χ0v) is 18.7. The maximum atomic E-state index is 13.4. The van der Waals surface area contributed by atoms with Gasteiger partial charge in [0.15, 0.2) is 0 Å². The molecule has 0 spiro atoms. The molecular formula is C26H30FN3O3. The van der Waals surface area contributed by atoms with Gasteiger partial charge in [0.2, 0.25) is 11.8 Å². The molecule has 0 atom stereocenters. The average Bonchev–Trinajstić information content (AvgIpc) is 3.28. The number of rotatable bonds is 7. The summed E-state index contributed by atoms with van der Waals surface area (Å²) in [7, 11) is 0. The summed E-state index contributed by atoms with van der Waals surface area (Å²) in [5, 5.41) is 5.64. The Morgan fingerprint density at radius 3 is 2.24 bits per heavy atom. The highest BCUT2D eigenvalue weighted by Gasteiger charge is 2.34. The highest BCUT2D eigenvalue weighted by molar-refractivity contribution is 5.98. The van der Waals surface area contributed by atoms with Gasteiger partial charge in [0.25, 0.3) is 5.91 Å². The van der Waals surface area contributed by atoms with Crippen molar-refractivity contribution < 1.29 is 18.8 Å². The van der Waals surface area contributed by atoms with Gasteiger partial charge in [-0.1, -0.05) is 31.4 Å². The Kier molecular flexibility index (Phi) is 7.06. The van der Waals surface area contributed by atoms with Crippen molar-refractivity contribution in [2.75, 3.05) is 24.5 Å². The predicted octanol–water partition coefficient (Wildman–Crippen LogP) is 3.70. The highest BCUT2D eigenvalue weighted by atomic mass is 19.1. The predicted molar refractivity (Wildman–Crippen MR) is 125 cm³/mol. The van der Waals surface area contributed by atoms with Crippen LogP contribution in [0.15, 0.2) is 48.5 Å². The van der Waals surface area contributed by atoms with Gasteiger partial charge in [-0.25, -0.2) is 4.39 Å². The van der Waals surface area contributed by atoms with E-state index in [0.717, 1.165) is 49.8 Å². The molecular weight excluding hydrogens is 421 g/mol. The monoisotopic (exact) mass is 451 g/mol. The van der Waals surface area contributed by atoms with Gasteiger partial charge in [0.1, 0.15) is 5.82 Å². The van der Waals surface area contributed by atoms with Crippen LogP contribution in [0.25, 0.3) is 0 Å². The summed E-state index contributed by atoms with van der Waals surface area (Å²) in [4.78, 5) is 38.5. The van der Waals surface area contributed by atoms with Crippen LogP contribution < -0.4 is 15.5 Å². The number of hydrogen-bond acceptors (Lipinski definition) is 3. The van der Waals surface area contributed by atoms with Crippen molar-refractivity contribution in [3.8, 4) is 0 Å². The average molecular weight is 452 g/mol. The molecule has 1 heterocycles. The lowest BCUT2D eigenvalue weighted by molar-refractivity contribution is -0.120. The number of benzene rings is 2. The standard InChI is InChI=1S/C26H30FN3O3/c27-21-10-8-20(9-11-21)26(14-2-1-3-15-26)18-29-23(31)17-28-25(33)19-6-12-22(13-7-19)30-16-4-5-24(30)32/h6-13H,1-5,14-18H2,(H,28,33)(H,29,31). The normalized spacial score (nSPS) is 17.6. The molecule has 0 aromatic heterocycles. The van der Waals surface area contributed by atoms with Crippen molar-refractivity contribution in [3.05, 3.63) is 65.5 Å². The first-order valence-corrected chi connectivity index (χ1v) is 11.7. The SMILES string of the molecule is O=C(CNC(=O)c1ccc(N2CCCC2=O)cc1)NCC1(c2ccc(F)cc2)CCCCC1. The lowest BCUT2D eigenvalue weighted by Crippen LogP contribution is -2.45. The van der Waals surface area contributed by atoms with E-state index >= 15 is 0 Å². The fraction of sp³-hybridized carbons (Fsp3) is 0.423. The van der Waals surface area contributed by atoms with Crippen LogP contribution in [0, 0.1) is 5.82 Å². The molecule has 2 aromatic carbocycles. The number of nitrogens with zero attached hydrogens (tertiary/aromatic N) is 1. The van der Waals surface area contributed by atoms with E-state index in [1.54, 1.807) is 29.2 Å². The molecule has 1 aliphatic heterocycles. The molecule has 3 amide bonds. The lowest BCUT2D eigenvalue weighted by atomic mass is 9.69. The molecule has 0 bridgehead atoms. The minimum atomic E-state index is -0.338. The van der Waals surface area contributed by atoms with Crippen molar-refractivity contribution in [1.29, 1.82) is 0 Å². The van der Waals surface area contributed by atoms with Crippen LogP contribution in [0.5, 0.6) is 0 Å². The Labute approximate surface area is 193 Å². The molecule has 174 valence electrons. The van der Waals surface area contributed by atoms with Crippen LogP contribution in [0.3, 0.4) is 0 Å².